The molecule has 0 aromatic rings. The van der Waals surface area contributed by atoms with Crippen molar-refractivity contribution in [2.24, 2.45) is 5.41 Å². The summed E-state index contributed by atoms with van der Waals surface area (Å²) in [6.07, 6.45) is 2.58. The van der Waals surface area contributed by atoms with Crippen molar-refractivity contribution in [1.29, 1.82) is 0 Å². The van der Waals surface area contributed by atoms with Gasteiger partial charge in [0.25, 0.3) is 5.92 Å². The van der Waals surface area contributed by atoms with E-state index in [-0.39, 0.29) is 0 Å². The minimum atomic E-state index is -2.72. The monoisotopic (exact) mass is 202 g/mol. The predicted molar refractivity (Wildman–Crippen MR) is 52.2 cm³/mol. The fraction of sp³-hybridized carbons (Fsp3) is 0.636. The first-order valence-corrected chi connectivity index (χ1v) is 4.63. The van der Waals surface area contributed by atoms with Gasteiger partial charge in [-0.05, 0) is 25.8 Å². The lowest BCUT2D eigenvalue weighted by Gasteiger charge is -2.24. The van der Waals surface area contributed by atoms with E-state index in [1.165, 1.54) is 7.11 Å². The number of allylic oxidation sites excluding steroid dienone is 3. The molecule has 0 N–H and O–H groups in total. The van der Waals surface area contributed by atoms with Crippen molar-refractivity contribution in [3.05, 3.63) is 24.0 Å². The largest absolute Gasteiger partial charge is 0.500 e. The Hall–Kier alpha value is -0.860. The summed E-state index contributed by atoms with van der Waals surface area (Å²) >= 11 is 0. The maximum absolute atomic E-state index is 13.3. The number of methoxy groups -OCH3 is 1. The van der Waals surface area contributed by atoms with Gasteiger partial charge >= 0.3 is 0 Å². The first-order chi connectivity index (χ1) is 6.33. The van der Waals surface area contributed by atoms with Crippen molar-refractivity contribution in [1.82, 2.24) is 0 Å². The van der Waals surface area contributed by atoms with Crippen LogP contribution >= 0.6 is 0 Å². The Morgan fingerprint density at radius 1 is 1.50 bits per heavy atom. The number of rotatable bonds is 4. The van der Waals surface area contributed by atoms with Gasteiger partial charge in [0.2, 0.25) is 0 Å². The molecule has 0 heterocycles. The van der Waals surface area contributed by atoms with E-state index in [0.717, 1.165) is 12.5 Å². The fourth-order valence-electron chi connectivity index (χ4n) is 1.64. The summed E-state index contributed by atoms with van der Waals surface area (Å²) in [6, 6.07) is 0. The molecule has 0 unspecified atom stereocenters. The van der Waals surface area contributed by atoms with Crippen LogP contribution in [0.15, 0.2) is 24.0 Å². The Balaban J connectivity index is 2.96. The molecule has 1 aliphatic carbocycles. The smallest absolute Gasteiger partial charge is 0.257 e. The van der Waals surface area contributed by atoms with Crippen molar-refractivity contribution in [2.75, 3.05) is 7.11 Å². The maximum Gasteiger partial charge on any atom is 0.257 e. The third-order valence-corrected chi connectivity index (χ3v) is 2.66. The Morgan fingerprint density at radius 3 is 2.21 bits per heavy atom. The molecule has 1 rings (SSSR count). The zero-order valence-corrected chi connectivity index (χ0v) is 8.86. The first-order valence-electron chi connectivity index (χ1n) is 4.63. The lowest BCUT2D eigenvalue weighted by atomic mass is 9.95. The van der Waals surface area contributed by atoms with Gasteiger partial charge in [-0.25, -0.2) is 8.78 Å². The van der Waals surface area contributed by atoms with Crippen LogP contribution in [-0.4, -0.2) is 13.0 Å². The SMILES string of the molecule is C=C(C)/C=C(\OC)C1(C(C)(F)F)CC1. The van der Waals surface area contributed by atoms with Gasteiger partial charge in [0.15, 0.2) is 0 Å². The summed E-state index contributed by atoms with van der Waals surface area (Å²) in [4.78, 5) is 0. The lowest BCUT2D eigenvalue weighted by Crippen LogP contribution is -2.28. The molecule has 1 nitrogen and oxygen atoms in total. The molecule has 0 bridgehead atoms. The molecule has 1 aliphatic rings. The van der Waals surface area contributed by atoms with Crippen molar-refractivity contribution in [3.8, 4) is 0 Å². The third kappa shape index (κ3) is 1.81. The Morgan fingerprint density at radius 2 is 2.00 bits per heavy atom. The molecule has 80 valence electrons. The van der Waals surface area contributed by atoms with Gasteiger partial charge in [0, 0.05) is 6.92 Å². The molecule has 0 aromatic heterocycles. The third-order valence-electron chi connectivity index (χ3n) is 2.66. The van der Waals surface area contributed by atoms with Gasteiger partial charge in [0.05, 0.1) is 12.5 Å². The number of hydrogen-bond acceptors (Lipinski definition) is 1. The van der Waals surface area contributed by atoms with Crippen molar-refractivity contribution in [2.45, 2.75) is 32.6 Å². The van der Waals surface area contributed by atoms with Crippen molar-refractivity contribution in [3.63, 3.8) is 0 Å². The first kappa shape index (κ1) is 11.2. The zero-order valence-electron chi connectivity index (χ0n) is 8.86. The average Bonchev–Trinajstić information content (AvgIpc) is 2.78. The van der Waals surface area contributed by atoms with Crippen molar-refractivity contribution < 1.29 is 13.5 Å². The Labute approximate surface area is 83.4 Å². The van der Waals surface area contributed by atoms with Gasteiger partial charge in [-0.2, -0.15) is 0 Å². The highest BCUT2D eigenvalue weighted by Gasteiger charge is 2.62. The van der Waals surface area contributed by atoms with Crippen LogP contribution in [0.4, 0.5) is 8.78 Å². The van der Waals surface area contributed by atoms with Gasteiger partial charge in [-0.15, -0.1) is 0 Å². The normalized spacial score (nSPS) is 20.5. The number of hydrogen-bond donors (Lipinski definition) is 0. The molecule has 0 spiro atoms. The number of halogens is 2. The second-order valence-corrected chi connectivity index (χ2v) is 4.03. The summed E-state index contributed by atoms with van der Waals surface area (Å²) in [7, 11) is 1.43. The second kappa shape index (κ2) is 3.37. The molecule has 0 amide bonds. The number of ether oxygens (including phenoxy) is 1. The zero-order chi connectivity index (χ0) is 11.0. The summed E-state index contributed by atoms with van der Waals surface area (Å²) in [5.74, 6) is -2.36. The Bertz CT molecular complexity index is 270. The standard InChI is InChI=1S/C11H16F2O/c1-8(2)7-9(14-4)11(5-6-11)10(3,12)13/h7H,1,5-6H2,2-4H3/b9-7-. The molecule has 14 heavy (non-hydrogen) atoms. The van der Waals surface area contributed by atoms with Crippen LogP contribution in [0.25, 0.3) is 0 Å². The molecular weight excluding hydrogens is 186 g/mol. The fourth-order valence-corrected chi connectivity index (χ4v) is 1.64. The summed E-state index contributed by atoms with van der Waals surface area (Å²) in [5.41, 5.74) is -0.335. The highest BCUT2D eigenvalue weighted by Crippen LogP contribution is 2.61. The summed E-state index contributed by atoms with van der Waals surface area (Å²) in [6.45, 7) is 6.38. The van der Waals surface area contributed by atoms with E-state index in [1.54, 1.807) is 13.0 Å². The van der Waals surface area contributed by atoms with Gasteiger partial charge in [-0.1, -0.05) is 12.2 Å². The van der Waals surface area contributed by atoms with Crippen LogP contribution in [0, 0.1) is 5.41 Å². The van der Waals surface area contributed by atoms with Gasteiger partial charge < -0.3 is 4.74 Å². The summed E-state index contributed by atoms with van der Waals surface area (Å²) in [5, 5.41) is 0. The van der Waals surface area contributed by atoms with E-state index >= 15 is 0 Å². The van der Waals surface area contributed by atoms with E-state index in [9.17, 15) is 8.78 Å². The molecule has 0 aromatic carbocycles. The predicted octanol–water partition coefficient (Wildman–Crippen LogP) is 3.53. The lowest BCUT2D eigenvalue weighted by molar-refractivity contribution is -0.0564. The average molecular weight is 202 g/mol. The molecule has 0 saturated heterocycles. The van der Waals surface area contributed by atoms with E-state index in [4.69, 9.17) is 4.74 Å². The van der Waals surface area contributed by atoms with E-state index in [2.05, 4.69) is 6.58 Å². The molecular formula is C11H16F2O. The molecule has 0 aliphatic heterocycles. The van der Waals surface area contributed by atoms with Gasteiger partial charge in [-0.3, -0.25) is 0 Å². The summed E-state index contributed by atoms with van der Waals surface area (Å²) < 4.78 is 31.6. The molecule has 0 radical (unpaired) electrons. The highest BCUT2D eigenvalue weighted by molar-refractivity contribution is 5.27. The molecule has 1 saturated carbocycles. The van der Waals surface area contributed by atoms with Crippen LogP contribution in [0.3, 0.4) is 0 Å². The maximum atomic E-state index is 13.3. The van der Waals surface area contributed by atoms with E-state index < -0.39 is 11.3 Å². The van der Waals surface area contributed by atoms with E-state index in [0.29, 0.717) is 18.6 Å². The highest BCUT2D eigenvalue weighted by atomic mass is 19.3. The minimum Gasteiger partial charge on any atom is -0.500 e. The van der Waals surface area contributed by atoms with Gasteiger partial charge in [0.1, 0.15) is 5.76 Å². The second-order valence-electron chi connectivity index (χ2n) is 4.03. The molecule has 3 heteroatoms. The van der Waals surface area contributed by atoms with Crippen LogP contribution in [0.2, 0.25) is 0 Å². The van der Waals surface area contributed by atoms with Crippen LogP contribution in [0.1, 0.15) is 26.7 Å². The van der Waals surface area contributed by atoms with Crippen LogP contribution < -0.4 is 0 Å². The minimum absolute atomic E-state index is 0.359. The van der Waals surface area contributed by atoms with Crippen LogP contribution in [0.5, 0.6) is 0 Å². The van der Waals surface area contributed by atoms with E-state index in [1.807, 2.05) is 0 Å². The Kier molecular flexibility index (Phi) is 2.70. The molecule has 1 fully saturated rings. The van der Waals surface area contributed by atoms with Crippen LogP contribution in [-0.2, 0) is 4.74 Å². The van der Waals surface area contributed by atoms with Crippen molar-refractivity contribution >= 4 is 0 Å². The topological polar surface area (TPSA) is 9.23 Å². The number of alkyl halides is 2. The molecule has 0 atom stereocenters. The quantitative estimate of drug-likeness (QED) is 0.500.